The van der Waals surface area contributed by atoms with Gasteiger partial charge in [0, 0.05) is 41.5 Å². The molecule has 2 aromatic rings. The van der Waals surface area contributed by atoms with Crippen LogP contribution < -0.4 is 10.6 Å². The molecule has 3 rings (SSSR count). The molecule has 1 fully saturated rings. The third-order valence-electron chi connectivity index (χ3n) is 4.71. The number of nitro groups is 1. The Morgan fingerprint density at radius 1 is 1.19 bits per heavy atom. The molecule has 0 saturated carbocycles. The molecule has 8 heteroatoms. The summed E-state index contributed by atoms with van der Waals surface area (Å²) in [5, 5.41) is 11.7. The summed E-state index contributed by atoms with van der Waals surface area (Å²) in [7, 11) is 0. The van der Waals surface area contributed by atoms with E-state index in [2.05, 4.69) is 0 Å². The second-order valence-corrected chi connectivity index (χ2v) is 6.92. The summed E-state index contributed by atoms with van der Waals surface area (Å²) >= 11 is 5.88. The molecule has 2 aromatic carbocycles. The van der Waals surface area contributed by atoms with Gasteiger partial charge in [0.1, 0.15) is 0 Å². The number of hydrogen-bond donors (Lipinski definition) is 1. The normalized spacial score (nSPS) is 16.8. The van der Waals surface area contributed by atoms with E-state index in [4.69, 9.17) is 17.3 Å². The van der Waals surface area contributed by atoms with Crippen LogP contribution in [0.2, 0.25) is 5.02 Å². The van der Waals surface area contributed by atoms with Crippen LogP contribution in [0.3, 0.4) is 0 Å². The van der Waals surface area contributed by atoms with Gasteiger partial charge in [-0.2, -0.15) is 0 Å². The second kappa shape index (κ2) is 7.75. The first-order valence-corrected chi connectivity index (χ1v) is 8.87. The predicted molar refractivity (Wildman–Crippen MR) is 102 cm³/mol. The molecule has 0 aliphatic carbocycles. The number of ketones is 1. The zero-order valence-electron chi connectivity index (χ0n) is 14.4. The Kier molecular flexibility index (Phi) is 5.41. The minimum atomic E-state index is -0.537. The van der Waals surface area contributed by atoms with Crippen molar-refractivity contribution in [2.45, 2.75) is 12.8 Å². The van der Waals surface area contributed by atoms with Crippen LogP contribution in [0.4, 0.5) is 11.4 Å². The highest BCUT2D eigenvalue weighted by Crippen LogP contribution is 2.31. The van der Waals surface area contributed by atoms with Gasteiger partial charge in [-0.05, 0) is 43.2 Å². The summed E-state index contributed by atoms with van der Waals surface area (Å²) in [4.78, 5) is 37.1. The summed E-state index contributed by atoms with van der Waals surface area (Å²) in [5.41, 5.74) is 6.43. The minimum Gasteiger partial charge on any atom is -0.370 e. The van der Waals surface area contributed by atoms with Crippen molar-refractivity contribution >= 4 is 34.7 Å². The molecular weight excluding hydrogens is 370 g/mol. The van der Waals surface area contributed by atoms with Crippen LogP contribution in [0.5, 0.6) is 0 Å². The fourth-order valence-corrected chi connectivity index (χ4v) is 3.41. The average Bonchev–Trinajstić information content (AvgIpc) is 2.67. The Morgan fingerprint density at radius 3 is 2.52 bits per heavy atom. The van der Waals surface area contributed by atoms with Crippen molar-refractivity contribution in [3.05, 3.63) is 68.7 Å². The number of nitrogens with two attached hydrogens (primary N) is 1. The standard InChI is InChI=1S/C19H18ClN3O4/c20-14-5-3-12(4-6-14)18(24)16-10-15(23(26)27)7-8-17(16)22-9-1-2-13(11-22)19(21)25/h3-8,10,13H,1-2,9,11H2,(H2,21,25). The van der Waals surface area contributed by atoms with Crippen molar-refractivity contribution in [1.82, 2.24) is 0 Å². The first-order chi connectivity index (χ1) is 12.9. The van der Waals surface area contributed by atoms with Crippen molar-refractivity contribution in [2.24, 2.45) is 11.7 Å². The molecule has 1 amide bonds. The Morgan fingerprint density at radius 2 is 1.89 bits per heavy atom. The Hall–Kier alpha value is -2.93. The lowest BCUT2D eigenvalue weighted by atomic mass is 9.94. The molecule has 140 valence electrons. The van der Waals surface area contributed by atoms with Gasteiger partial charge in [-0.15, -0.1) is 0 Å². The van der Waals surface area contributed by atoms with Gasteiger partial charge >= 0.3 is 0 Å². The summed E-state index contributed by atoms with van der Waals surface area (Å²) in [6.07, 6.45) is 1.44. The van der Waals surface area contributed by atoms with Crippen molar-refractivity contribution in [3.8, 4) is 0 Å². The number of anilines is 1. The number of benzene rings is 2. The fraction of sp³-hybridized carbons (Fsp3) is 0.263. The van der Waals surface area contributed by atoms with Crippen molar-refractivity contribution in [3.63, 3.8) is 0 Å². The number of halogens is 1. The van der Waals surface area contributed by atoms with Gasteiger partial charge in [-0.25, -0.2) is 0 Å². The van der Waals surface area contributed by atoms with Crippen LogP contribution in [0.25, 0.3) is 0 Å². The monoisotopic (exact) mass is 387 g/mol. The first-order valence-electron chi connectivity index (χ1n) is 8.50. The molecule has 0 spiro atoms. The highest BCUT2D eigenvalue weighted by Gasteiger charge is 2.28. The molecule has 1 aliphatic rings. The molecule has 0 radical (unpaired) electrons. The maximum atomic E-state index is 13.0. The maximum Gasteiger partial charge on any atom is 0.270 e. The quantitative estimate of drug-likeness (QED) is 0.481. The summed E-state index contributed by atoms with van der Waals surface area (Å²) in [6, 6.07) is 10.5. The number of rotatable bonds is 5. The number of nitro benzene ring substituents is 1. The largest absolute Gasteiger partial charge is 0.370 e. The molecule has 0 bridgehead atoms. The molecule has 1 saturated heterocycles. The van der Waals surface area contributed by atoms with E-state index in [0.29, 0.717) is 35.8 Å². The van der Waals surface area contributed by atoms with E-state index in [1.54, 1.807) is 30.3 Å². The van der Waals surface area contributed by atoms with E-state index >= 15 is 0 Å². The summed E-state index contributed by atoms with van der Waals surface area (Å²) in [6.45, 7) is 1.02. The van der Waals surface area contributed by atoms with Crippen molar-refractivity contribution in [1.29, 1.82) is 0 Å². The Bertz CT molecular complexity index is 898. The SMILES string of the molecule is NC(=O)C1CCCN(c2ccc([N+](=O)[O-])cc2C(=O)c2ccc(Cl)cc2)C1. The van der Waals surface area contributed by atoms with Crippen LogP contribution in [0.15, 0.2) is 42.5 Å². The van der Waals surface area contributed by atoms with Gasteiger partial charge in [0.05, 0.1) is 16.4 Å². The number of nitrogens with zero attached hydrogens (tertiary/aromatic N) is 2. The van der Waals surface area contributed by atoms with Crippen molar-refractivity contribution in [2.75, 3.05) is 18.0 Å². The van der Waals surface area contributed by atoms with E-state index in [1.165, 1.54) is 12.1 Å². The predicted octanol–water partition coefficient (Wildman–Crippen LogP) is 3.18. The van der Waals surface area contributed by atoms with Crippen LogP contribution in [0.1, 0.15) is 28.8 Å². The van der Waals surface area contributed by atoms with Crippen LogP contribution >= 0.6 is 11.6 Å². The molecule has 1 aliphatic heterocycles. The van der Waals surface area contributed by atoms with Crippen LogP contribution in [-0.2, 0) is 4.79 Å². The van der Waals surface area contributed by atoms with Crippen molar-refractivity contribution < 1.29 is 14.5 Å². The van der Waals surface area contributed by atoms with E-state index in [1.807, 2.05) is 4.90 Å². The summed E-state index contributed by atoms with van der Waals surface area (Å²) in [5.74, 6) is -1.04. The zero-order chi connectivity index (χ0) is 19.6. The van der Waals surface area contributed by atoms with E-state index in [9.17, 15) is 19.7 Å². The summed E-state index contributed by atoms with van der Waals surface area (Å²) < 4.78 is 0. The topological polar surface area (TPSA) is 107 Å². The molecule has 1 unspecified atom stereocenters. The number of amides is 1. The van der Waals surface area contributed by atoms with Gasteiger partial charge < -0.3 is 10.6 Å². The van der Waals surface area contributed by atoms with Crippen LogP contribution in [0, 0.1) is 16.0 Å². The smallest absolute Gasteiger partial charge is 0.270 e. The highest BCUT2D eigenvalue weighted by molar-refractivity contribution is 6.30. The third-order valence-corrected chi connectivity index (χ3v) is 4.96. The number of non-ortho nitro benzene ring substituents is 1. The number of carbonyl (C=O) groups is 2. The van der Waals surface area contributed by atoms with Gasteiger partial charge in [0.15, 0.2) is 5.78 Å². The average molecular weight is 388 g/mol. The third kappa shape index (κ3) is 4.09. The maximum absolute atomic E-state index is 13.0. The van der Waals surface area contributed by atoms with E-state index < -0.39 is 4.92 Å². The highest BCUT2D eigenvalue weighted by atomic mass is 35.5. The van der Waals surface area contributed by atoms with Gasteiger partial charge in [0.25, 0.3) is 5.69 Å². The molecular formula is C19H18ClN3O4. The second-order valence-electron chi connectivity index (χ2n) is 6.48. The number of carbonyl (C=O) groups excluding carboxylic acids is 2. The van der Waals surface area contributed by atoms with Gasteiger partial charge in [-0.3, -0.25) is 19.7 Å². The molecule has 7 nitrogen and oxygen atoms in total. The van der Waals surface area contributed by atoms with Crippen LogP contribution in [-0.4, -0.2) is 29.7 Å². The molecule has 1 atom stereocenters. The molecule has 2 N–H and O–H groups in total. The lowest BCUT2D eigenvalue weighted by molar-refractivity contribution is -0.384. The molecule has 0 aromatic heterocycles. The van der Waals surface area contributed by atoms with Gasteiger partial charge in [-0.1, -0.05) is 11.6 Å². The Balaban J connectivity index is 2.03. The minimum absolute atomic E-state index is 0.167. The number of primary amides is 1. The zero-order valence-corrected chi connectivity index (χ0v) is 15.2. The van der Waals surface area contributed by atoms with Gasteiger partial charge in [0.2, 0.25) is 5.91 Å². The number of piperidine rings is 1. The van der Waals surface area contributed by atoms with E-state index in [-0.39, 0.29) is 28.9 Å². The number of hydrogen-bond acceptors (Lipinski definition) is 5. The molecule has 1 heterocycles. The molecule has 27 heavy (non-hydrogen) atoms. The van der Waals surface area contributed by atoms with E-state index in [0.717, 1.165) is 6.42 Å². The first kappa shape index (κ1) is 18.8. The Labute approximate surface area is 160 Å². The fourth-order valence-electron chi connectivity index (χ4n) is 3.28. The lowest BCUT2D eigenvalue weighted by Gasteiger charge is -2.34. The lowest BCUT2D eigenvalue weighted by Crippen LogP contribution is -2.41.